The van der Waals surface area contributed by atoms with Gasteiger partial charge in [-0.15, -0.1) is 0 Å². The molecule has 1 aromatic carbocycles. The van der Waals surface area contributed by atoms with Gasteiger partial charge in [0.1, 0.15) is 0 Å². The summed E-state index contributed by atoms with van der Waals surface area (Å²) < 4.78 is 39.6. The van der Waals surface area contributed by atoms with Crippen LogP contribution >= 0.6 is 0 Å². The van der Waals surface area contributed by atoms with Crippen molar-refractivity contribution < 1.29 is 23.1 Å². The number of carbonyl (C=O) groups is 1. The van der Waals surface area contributed by atoms with Gasteiger partial charge in [-0.2, -0.15) is 4.39 Å². The van der Waals surface area contributed by atoms with Crippen molar-refractivity contribution in [1.82, 2.24) is 5.32 Å². The average molecular weight is 304 g/mol. The van der Waals surface area contributed by atoms with Crippen LogP contribution in [0.15, 0.2) is 6.07 Å². The number of phenols is 1. The molecule has 0 aliphatic heterocycles. The van der Waals surface area contributed by atoms with E-state index < -0.39 is 34.7 Å². The smallest absolute Gasteiger partial charge is 0.254 e. The van der Waals surface area contributed by atoms with Gasteiger partial charge in [0.05, 0.1) is 5.56 Å². The SMILES string of the molecule is CCCC(CCN)CNC(=O)c1cc(F)c(F)c(O)c1F. The molecule has 21 heavy (non-hydrogen) atoms. The number of hydrogen-bond acceptors (Lipinski definition) is 3. The van der Waals surface area contributed by atoms with E-state index in [0.717, 1.165) is 12.8 Å². The van der Waals surface area contributed by atoms with Crippen LogP contribution in [0.3, 0.4) is 0 Å². The molecule has 0 aromatic heterocycles. The predicted molar refractivity (Wildman–Crippen MR) is 72.4 cm³/mol. The molecule has 0 aliphatic carbocycles. The summed E-state index contributed by atoms with van der Waals surface area (Å²) in [5.74, 6) is -6.93. The number of benzene rings is 1. The average Bonchev–Trinajstić information content (AvgIpc) is 2.46. The van der Waals surface area contributed by atoms with Crippen LogP contribution in [-0.4, -0.2) is 24.1 Å². The van der Waals surface area contributed by atoms with Crippen molar-refractivity contribution in [2.24, 2.45) is 11.7 Å². The zero-order valence-corrected chi connectivity index (χ0v) is 11.8. The highest BCUT2D eigenvalue weighted by atomic mass is 19.2. The Morgan fingerprint density at radius 3 is 2.57 bits per heavy atom. The van der Waals surface area contributed by atoms with E-state index in [-0.39, 0.29) is 12.5 Å². The number of halogens is 3. The molecule has 7 heteroatoms. The van der Waals surface area contributed by atoms with E-state index in [0.29, 0.717) is 19.0 Å². The van der Waals surface area contributed by atoms with Gasteiger partial charge in [0.2, 0.25) is 5.82 Å². The number of rotatable bonds is 7. The summed E-state index contributed by atoms with van der Waals surface area (Å²) in [5.41, 5.74) is 4.73. The van der Waals surface area contributed by atoms with Crippen molar-refractivity contribution in [3.63, 3.8) is 0 Å². The Kier molecular flexibility index (Phi) is 6.48. The predicted octanol–water partition coefficient (Wildman–Crippen LogP) is 2.30. The molecule has 1 atom stereocenters. The number of nitrogens with one attached hydrogen (secondary N) is 1. The first-order valence-corrected chi connectivity index (χ1v) is 6.77. The second-order valence-electron chi connectivity index (χ2n) is 4.82. The molecule has 0 saturated carbocycles. The van der Waals surface area contributed by atoms with Crippen molar-refractivity contribution in [1.29, 1.82) is 0 Å². The fourth-order valence-corrected chi connectivity index (χ4v) is 2.08. The number of aromatic hydroxyl groups is 1. The lowest BCUT2D eigenvalue weighted by Gasteiger charge is -2.16. The molecule has 0 bridgehead atoms. The fraction of sp³-hybridized carbons (Fsp3) is 0.500. The van der Waals surface area contributed by atoms with Gasteiger partial charge in [-0.1, -0.05) is 13.3 Å². The molecule has 118 valence electrons. The van der Waals surface area contributed by atoms with Crippen LogP contribution < -0.4 is 11.1 Å². The molecule has 0 radical (unpaired) electrons. The Labute approximate surface area is 121 Å². The normalized spacial score (nSPS) is 12.2. The Morgan fingerprint density at radius 2 is 2.00 bits per heavy atom. The maximum absolute atomic E-state index is 13.6. The van der Waals surface area contributed by atoms with Gasteiger partial charge in [0, 0.05) is 6.54 Å². The number of nitrogens with two attached hydrogens (primary N) is 1. The first-order valence-electron chi connectivity index (χ1n) is 6.77. The van der Waals surface area contributed by atoms with Crippen LogP contribution in [0, 0.1) is 23.4 Å². The summed E-state index contributed by atoms with van der Waals surface area (Å²) in [6.07, 6.45) is 2.43. The van der Waals surface area contributed by atoms with Crippen molar-refractivity contribution >= 4 is 5.91 Å². The maximum atomic E-state index is 13.6. The van der Waals surface area contributed by atoms with Gasteiger partial charge in [0.25, 0.3) is 5.91 Å². The van der Waals surface area contributed by atoms with Crippen LogP contribution in [0.25, 0.3) is 0 Å². The minimum Gasteiger partial charge on any atom is -0.503 e. The summed E-state index contributed by atoms with van der Waals surface area (Å²) in [5, 5.41) is 11.5. The topological polar surface area (TPSA) is 75.3 Å². The quantitative estimate of drug-likeness (QED) is 0.677. The summed E-state index contributed by atoms with van der Waals surface area (Å²) in [7, 11) is 0. The highest BCUT2D eigenvalue weighted by Crippen LogP contribution is 2.25. The van der Waals surface area contributed by atoms with Gasteiger partial charge >= 0.3 is 0 Å². The Morgan fingerprint density at radius 1 is 1.33 bits per heavy atom. The fourth-order valence-electron chi connectivity index (χ4n) is 2.08. The monoisotopic (exact) mass is 304 g/mol. The Balaban J connectivity index is 2.80. The largest absolute Gasteiger partial charge is 0.503 e. The van der Waals surface area contributed by atoms with Crippen molar-refractivity contribution in [2.75, 3.05) is 13.1 Å². The van der Waals surface area contributed by atoms with Crippen LogP contribution in [0.5, 0.6) is 5.75 Å². The molecule has 4 nitrogen and oxygen atoms in total. The number of hydrogen-bond donors (Lipinski definition) is 3. The van der Waals surface area contributed by atoms with Gasteiger partial charge < -0.3 is 16.2 Å². The van der Waals surface area contributed by atoms with E-state index in [1.807, 2.05) is 6.92 Å². The minimum atomic E-state index is -1.71. The van der Waals surface area contributed by atoms with Crippen molar-refractivity contribution in [2.45, 2.75) is 26.2 Å². The van der Waals surface area contributed by atoms with E-state index >= 15 is 0 Å². The third-order valence-corrected chi connectivity index (χ3v) is 3.20. The highest BCUT2D eigenvalue weighted by Gasteiger charge is 2.22. The number of amides is 1. The van der Waals surface area contributed by atoms with Crippen LogP contribution in [0.1, 0.15) is 36.5 Å². The van der Waals surface area contributed by atoms with E-state index in [9.17, 15) is 18.0 Å². The first-order chi connectivity index (χ1) is 9.92. The zero-order valence-electron chi connectivity index (χ0n) is 11.8. The van der Waals surface area contributed by atoms with Gasteiger partial charge in [-0.05, 0) is 31.4 Å². The Hall–Kier alpha value is -1.76. The van der Waals surface area contributed by atoms with Crippen molar-refractivity contribution in [3.8, 4) is 5.75 Å². The third kappa shape index (κ3) is 4.35. The lowest BCUT2D eigenvalue weighted by Crippen LogP contribution is -2.31. The van der Waals surface area contributed by atoms with E-state index in [4.69, 9.17) is 10.8 Å². The molecule has 1 amide bonds. The van der Waals surface area contributed by atoms with E-state index in [1.165, 1.54) is 0 Å². The van der Waals surface area contributed by atoms with Crippen LogP contribution in [-0.2, 0) is 0 Å². The zero-order chi connectivity index (χ0) is 16.0. The molecular formula is C14H19F3N2O2. The standard InChI is InChI=1S/C14H19F3N2O2/c1-2-3-8(4-5-18)7-19-14(21)9-6-10(15)12(17)13(20)11(9)16/h6,8,20H,2-5,7,18H2,1H3,(H,19,21). The molecule has 1 rings (SSSR count). The van der Waals surface area contributed by atoms with Gasteiger partial charge in [-0.3, -0.25) is 4.79 Å². The van der Waals surface area contributed by atoms with E-state index in [1.54, 1.807) is 0 Å². The minimum absolute atomic E-state index is 0.130. The van der Waals surface area contributed by atoms with E-state index in [2.05, 4.69) is 5.32 Å². The summed E-state index contributed by atoms with van der Waals surface area (Å²) in [6, 6.07) is 0.428. The van der Waals surface area contributed by atoms with Crippen LogP contribution in [0.4, 0.5) is 13.2 Å². The summed E-state index contributed by atoms with van der Waals surface area (Å²) in [4.78, 5) is 11.8. The molecule has 0 fully saturated rings. The molecule has 1 unspecified atom stereocenters. The third-order valence-electron chi connectivity index (χ3n) is 3.20. The molecule has 0 aliphatic rings. The van der Waals surface area contributed by atoms with Crippen molar-refractivity contribution in [3.05, 3.63) is 29.1 Å². The maximum Gasteiger partial charge on any atom is 0.254 e. The molecule has 0 spiro atoms. The van der Waals surface area contributed by atoms with Gasteiger partial charge in [0.15, 0.2) is 17.4 Å². The molecular weight excluding hydrogens is 285 g/mol. The summed E-state index contributed by atoms with van der Waals surface area (Å²) in [6.45, 7) is 2.70. The second-order valence-corrected chi connectivity index (χ2v) is 4.82. The number of phenolic OH excluding ortho intramolecular Hbond substituents is 1. The van der Waals surface area contributed by atoms with Gasteiger partial charge in [-0.25, -0.2) is 8.78 Å². The van der Waals surface area contributed by atoms with Crippen LogP contribution in [0.2, 0.25) is 0 Å². The Bertz CT molecular complexity index is 503. The highest BCUT2D eigenvalue weighted by molar-refractivity contribution is 5.94. The molecule has 0 heterocycles. The molecule has 0 saturated heterocycles. The summed E-state index contributed by atoms with van der Waals surface area (Å²) >= 11 is 0. The number of carbonyl (C=O) groups excluding carboxylic acids is 1. The second kappa shape index (κ2) is 7.87. The molecule has 4 N–H and O–H groups in total. The lowest BCUT2D eigenvalue weighted by molar-refractivity contribution is 0.0939. The lowest BCUT2D eigenvalue weighted by atomic mass is 9.99. The first kappa shape index (κ1) is 17.3. The molecule has 1 aromatic rings.